The monoisotopic (exact) mass is 381 g/mol. The van der Waals surface area contributed by atoms with Gasteiger partial charge in [0.2, 0.25) is 5.91 Å². The zero-order valence-electron chi connectivity index (χ0n) is 16.5. The summed E-state index contributed by atoms with van der Waals surface area (Å²) in [6.07, 6.45) is 8.19. The van der Waals surface area contributed by atoms with Crippen LogP contribution in [0.2, 0.25) is 0 Å². The average Bonchev–Trinajstić information content (AvgIpc) is 2.87. The van der Waals surface area contributed by atoms with Crippen molar-refractivity contribution >= 4 is 17.5 Å². The van der Waals surface area contributed by atoms with Gasteiger partial charge in [0.05, 0.1) is 0 Å². The van der Waals surface area contributed by atoms with E-state index in [9.17, 15) is 14.4 Å². The largest absolute Gasteiger partial charge is 0.355 e. The molecule has 0 aromatic rings. The lowest BCUT2D eigenvalue weighted by molar-refractivity contribution is -0.148. The summed E-state index contributed by atoms with van der Waals surface area (Å²) in [5.74, 6) is -1.65. The van der Waals surface area contributed by atoms with E-state index in [0.717, 1.165) is 38.5 Å². The molecule has 3 unspecified atom stereocenters. The predicted octanol–water partition coefficient (Wildman–Crippen LogP) is 1.71. The molecule has 2 aliphatic rings. The molecule has 1 spiro atoms. The standard InChI is InChI=1S/C20H35N3O4/c1-14(13-23-27)11-15-12-17(24)20(18(15)25)16(21)9-7-5-3-2-4-6-8-10-22-19(20)26/h14-16,23,27H,2-13,21H2,1H3,(H,22,26)/t14?,15-,16?,20?/m1/s1. The fraction of sp³-hybridized carbons (Fsp3) is 0.850. The first-order valence-electron chi connectivity index (χ1n) is 10.4. The molecule has 2 rings (SSSR count). The molecule has 27 heavy (non-hydrogen) atoms. The van der Waals surface area contributed by atoms with Gasteiger partial charge in [0.15, 0.2) is 17.0 Å². The van der Waals surface area contributed by atoms with Crippen LogP contribution in [-0.4, -0.2) is 41.8 Å². The van der Waals surface area contributed by atoms with Crippen molar-refractivity contribution in [2.75, 3.05) is 13.1 Å². The van der Waals surface area contributed by atoms with Crippen molar-refractivity contribution in [1.82, 2.24) is 10.8 Å². The molecule has 2 fully saturated rings. The van der Waals surface area contributed by atoms with Crippen molar-refractivity contribution in [3.05, 3.63) is 0 Å². The second-order valence-electron chi connectivity index (χ2n) is 8.33. The molecule has 0 aromatic carbocycles. The lowest BCUT2D eigenvalue weighted by Crippen LogP contribution is -2.59. The van der Waals surface area contributed by atoms with Gasteiger partial charge in [0.25, 0.3) is 0 Å². The number of carbonyl (C=O) groups excluding carboxylic acids is 3. The molecule has 1 saturated heterocycles. The number of nitrogens with two attached hydrogens (primary N) is 1. The molecule has 1 aliphatic heterocycles. The third-order valence-corrected chi connectivity index (χ3v) is 6.15. The summed E-state index contributed by atoms with van der Waals surface area (Å²) in [5.41, 5.74) is 6.74. The highest BCUT2D eigenvalue weighted by molar-refractivity contribution is 6.29. The van der Waals surface area contributed by atoms with Gasteiger partial charge in [-0.2, -0.15) is 0 Å². The van der Waals surface area contributed by atoms with Crippen LogP contribution < -0.4 is 16.5 Å². The Hall–Kier alpha value is -1.31. The fourth-order valence-electron chi connectivity index (χ4n) is 4.58. The van der Waals surface area contributed by atoms with Gasteiger partial charge in [-0.25, -0.2) is 5.48 Å². The Kier molecular flexibility index (Phi) is 8.38. The first-order chi connectivity index (χ1) is 12.9. The van der Waals surface area contributed by atoms with E-state index >= 15 is 0 Å². The molecule has 1 heterocycles. The molecule has 7 heteroatoms. The van der Waals surface area contributed by atoms with Gasteiger partial charge in [-0.05, 0) is 25.2 Å². The molecule has 0 aromatic heterocycles. The molecule has 1 saturated carbocycles. The summed E-state index contributed by atoms with van der Waals surface area (Å²) in [7, 11) is 0. The molecule has 154 valence electrons. The Morgan fingerprint density at radius 2 is 1.78 bits per heavy atom. The molecule has 1 amide bonds. The minimum atomic E-state index is -1.73. The minimum absolute atomic E-state index is 0.0148. The first-order valence-corrected chi connectivity index (χ1v) is 10.4. The Balaban J connectivity index is 2.23. The summed E-state index contributed by atoms with van der Waals surface area (Å²) in [6, 6.07) is -0.769. The lowest BCUT2D eigenvalue weighted by Gasteiger charge is -2.31. The maximum Gasteiger partial charge on any atom is 0.242 e. The molecule has 0 radical (unpaired) electrons. The maximum atomic E-state index is 13.3. The van der Waals surface area contributed by atoms with Gasteiger partial charge < -0.3 is 16.3 Å². The van der Waals surface area contributed by atoms with Crippen LogP contribution in [0.15, 0.2) is 0 Å². The molecule has 0 bridgehead atoms. The van der Waals surface area contributed by atoms with Gasteiger partial charge in [-0.1, -0.05) is 45.4 Å². The summed E-state index contributed by atoms with van der Waals surface area (Å²) in [5, 5.41) is 11.7. The average molecular weight is 382 g/mol. The number of hydroxylamine groups is 1. The van der Waals surface area contributed by atoms with Crippen LogP contribution >= 0.6 is 0 Å². The zero-order valence-corrected chi connectivity index (χ0v) is 16.5. The molecule has 1 aliphatic carbocycles. The van der Waals surface area contributed by atoms with Crippen molar-refractivity contribution < 1.29 is 19.6 Å². The third-order valence-electron chi connectivity index (χ3n) is 6.15. The highest BCUT2D eigenvalue weighted by Crippen LogP contribution is 2.42. The second-order valence-corrected chi connectivity index (χ2v) is 8.33. The van der Waals surface area contributed by atoms with Gasteiger partial charge in [-0.3, -0.25) is 14.4 Å². The predicted molar refractivity (Wildman–Crippen MR) is 102 cm³/mol. The van der Waals surface area contributed by atoms with Gasteiger partial charge >= 0.3 is 0 Å². The summed E-state index contributed by atoms with van der Waals surface area (Å²) in [4.78, 5) is 39.3. The number of amides is 1. The molecule has 5 N–H and O–H groups in total. The van der Waals surface area contributed by atoms with Gasteiger partial charge in [0, 0.05) is 31.5 Å². The Morgan fingerprint density at radius 1 is 1.15 bits per heavy atom. The van der Waals surface area contributed by atoms with E-state index in [-0.39, 0.29) is 23.9 Å². The van der Waals surface area contributed by atoms with Crippen molar-refractivity contribution in [3.8, 4) is 0 Å². The van der Waals surface area contributed by atoms with Crippen LogP contribution in [-0.2, 0) is 14.4 Å². The third kappa shape index (κ3) is 4.95. The summed E-state index contributed by atoms with van der Waals surface area (Å²) < 4.78 is 0. The van der Waals surface area contributed by atoms with E-state index in [2.05, 4.69) is 10.8 Å². The van der Waals surface area contributed by atoms with Crippen molar-refractivity contribution in [3.63, 3.8) is 0 Å². The summed E-state index contributed by atoms with van der Waals surface area (Å²) in [6.45, 7) is 2.71. The first kappa shape index (κ1) is 22.0. The Labute approximate surface area is 161 Å². The fourth-order valence-corrected chi connectivity index (χ4v) is 4.58. The number of rotatable bonds is 4. The topological polar surface area (TPSA) is 122 Å². The highest BCUT2D eigenvalue weighted by Gasteiger charge is 2.62. The number of ketones is 2. The zero-order chi connectivity index (χ0) is 19.9. The quantitative estimate of drug-likeness (QED) is 0.434. The van der Waals surface area contributed by atoms with Crippen LogP contribution in [0.3, 0.4) is 0 Å². The summed E-state index contributed by atoms with van der Waals surface area (Å²) >= 11 is 0. The van der Waals surface area contributed by atoms with E-state index in [1.54, 1.807) is 0 Å². The molecule has 4 atom stereocenters. The lowest BCUT2D eigenvalue weighted by atomic mass is 9.73. The number of nitrogens with one attached hydrogen (secondary N) is 2. The Morgan fingerprint density at radius 3 is 2.44 bits per heavy atom. The van der Waals surface area contributed by atoms with Crippen molar-refractivity contribution in [2.24, 2.45) is 23.0 Å². The van der Waals surface area contributed by atoms with Gasteiger partial charge in [0.1, 0.15) is 0 Å². The number of carbonyl (C=O) groups is 3. The number of Topliss-reactive ketones (excluding diaryl/α,β-unsaturated/α-hetero) is 2. The molecular formula is C20H35N3O4. The van der Waals surface area contributed by atoms with Crippen LogP contribution in [0.25, 0.3) is 0 Å². The normalized spacial score (nSPS) is 32.5. The second kappa shape index (κ2) is 10.3. The van der Waals surface area contributed by atoms with Crippen LogP contribution in [0.4, 0.5) is 0 Å². The van der Waals surface area contributed by atoms with E-state index in [0.29, 0.717) is 25.9 Å². The van der Waals surface area contributed by atoms with E-state index < -0.39 is 23.3 Å². The van der Waals surface area contributed by atoms with Crippen molar-refractivity contribution in [2.45, 2.75) is 77.2 Å². The molecular weight excluding hydrogens is 346 g/mol. The van der Waals surface area contributed by atoms with Crippen LogP contribution in [0, 0.1) is 17.3 Å². The van der Waals surface area contributed by atoms with Crippen LogP contribution in [0.1, 0.15) is 71.1 Å². The van der Waals surface area contributed by atoms with E-state index in [4.69, 9.17) is 10.9 Å². The van der Waals surface area contributed by atoms with E-state index in [1.165, 1.54) is 6.42 Å². The highest BCUT2D eigenvalue weighted by atomic mass is 16.5. The van der Waals surface area contributed by atoms with Gasteiger partial charge in [-0.15, -0.1) is 0 Å². The van der Waals surface area contributed by atoms with Crippen molar-refractivity contribution in [1.29, 1.82) is 0 Å². The number of hydrogen-bond donors (Lipinski definition) is 4. The minimum Gasteiger partial charge on any atom is -0.355 e. The Bertz CT molecular complexity index is 539. The van der Waals surface area contributed by atoms with Crippen LogP contribution in [0.5, 0.6) is 0 Å². The van der Waals surface area contributed by atoms with E-state index in [1.807, 2.05) is 6.92 Å². The SMILES string of the molecule is CC(CNO)C[C@@H]1CC(=O)C2(C(=O)NCCCCCCCCCC2N)C1=O. The molecule has 7 nitrogen and oxygen atoms in total. The smallest absolute Gasteiger partial charge is 0.242 e. The maximum absolute atomic E-state index is 13.3. The number of hydrogen-bond acceptors (Lipinski definition) is 6.